The van der Waals surface area contributed by atoms with E-state index in [1.165, 1.54) is 0 Å². The molecule has 5 nitrogen and oxygen atoms in total. The van der Waals surface area contributed by atoms with Crippen molar-refractivity contribution in [1.82, 2.24) is 9.97 Å². The third kappa shape index (κ3) is 2.68. The molecule has 1 saturated carbocycles. The number of carboxylic acid groups (broad SMARTS) is 1. The first-order valence-corrected chi connectivity index (χ1v) is 5.42. The highest BCUT2D eigenvalue weighted by Gasteiger charge is 2.27. The van der Waals surface area contributed by atoms with Crippen molar-refractivity contribution in [1.29, 1.82) is 0 Å². The summed E-state index contributed by atoms with van der Waals surface area (Å²) in [5, 5.41) is 8.85. The molecule has 0 radical (unpaired) electrons. The smallest absolute Gasteiger partial charge is 0.316 e. The maximum atomic E-state index is 10.8. The summed E-state index contributed by atoms with van der Waals surface area (Å²) in [6, 6.07) is 2.11. The molecule has 1 heterocycles. The van der Waals surface area contributed by atoms with Crippen molar-refractivity contribution in [3.05, 3.63) is 18.5 Å². The zero-order chi connectivity index (χ0) is 11.4. The van der Waals surface area contributed by atoms with Gasteiger partial charge >= 0.3 is 12.0 Å². The maximum absolute atomic E-state index is 10.8. The van der Waals surface area contributed by atoms with Gasteiger partial charge in [0.15, 0.2) is 0 Å². The number of hydrogen-bond donors (Lipinski definition) is 1. The number of nitrogens with zero attached hydrogens (tertiary/aromatic N) is 2. The molecule has 1 N–H and O–H groups in total. The van der Waals surface area contributed by atoms with Crippen LogP contribution in [0.5, 0.6) is 6.01 Å². The van der Waals surface area contributed by atoms with E-state index in [0.717, 1.165) is 12.8 Å². The van der Waals surface area contributed by atoms with Gasteiger partial charge in [-0.15, -0.1) is 0 Å². The Morgan fingerprint density at radius 1 is 1.25 bits per heavy atom. The van der Waals surface area contributed by atoms with Crippen molar-refractivity contribution < 1.29 is 14.6 Å². The Labute approximate surface area is 93.5 Å². The molecule has 1 aromatic rings. The lowest BCUT2D eigenvalue weighted by Crippen LogP contribution is -2.28. The van der Waals surface area contributed by atoms with E-state index in [4.69, 9.17) is 9.84 Å². The molecule has 0 saturated heterocycles. The third-order valence-electron chi connectivity index (χ3n) is 2.84. The summed E-state index contributed by atoms with van der Waals surface area (Å²) in [5.74, 6) is -0.911. The number of carbonyl (C=O) groups is 1. The van der Waals surface area contributed by atoms with E-state index in [1.807, 2.05) is 0 Å². The molecule has 16 heavy (non-hydrogen) atoms. The van der Waals surface area contributed by atoms with Gasteiger partial charge in [-0.25, -0.2) is 9.97 Å². The van der Waals surface area contributed by atoms with E-state index in [1.54, 1.807) is 18.5 Å². The van der Waals surface area contributed by atoms with E-state index in [2.05, 4.69) is 9.97 Å². The predicted octanol–water partition coefficient (Wildman–Crippen LogP) is 1.50. The van der Waals surface area contributed by atoms with E-state index in [0.29, 0.717) is 18.9 Å². The zero-order valence-corrected chi connectivity index (χ0v) is 8.87. The molecular formula is C11H14N2O3. The second kappa shape index (κ2) is 4.92. The average molecular weight is 222 g/mol. The molecule has 86 valence electrons. The highest BCUT2D eigenvalue weighted by atomic mass is 16.5. The summed E-state index contributed by atoms with van der Waals surface area (Å²) in [4.78, 5) is 18.7. The average Bonchev–Trinajstić information content (AvgIpc) is 2.31. The van der Waals surface area contributed by atoms with Gasteiger partial charge in [0, 0.05) is 12.4 Å². The molecule has 1 fully saturated rings. The molecule has 2 rings (SSSR count). The zero-order valence-electron chi connectivity index (χ0n) is 8.87. The fourth-order valence-electron chi connectivity index (χ4n) is 1.92. The van der Waals surface area contributed by atoms with Gasteiger partial charge in [-0.1, -0.05) is 0 Å². The quantitative estimate of drug-likeness (QED) is 0.839. The topological polar surface area (TPSA) is 72.3 Å². The van der Waals surface area contributed by atoms with Crippen LogP contribution in [0.25, 0.3) is 0 Å². The van der Waals surface area contributed by atoms with E-state index in [9.17, 15) is 4.79 Å². The number of carboxylic acids is 1. The Morgan fingerprint density at radius 2 is 1.88 bits per heavy atom. The van der Waals surface area contributed by atoms with Crippen LogP contribution in [0.15, 0.2) is 18.5 Å². The second-order valence-corrected chi connectivity index (χ2v) is 3.96. The Hall–Kier alpha value is -1.65. The maximum Gasteiger partial charge on any atom is 0.316 e. The highest BCUT2D eigenvalue weighted by molar-refractivity contribution is 5.70. The summed E-state index contributed by atoms with van der Waals surface area (Å²) >= 11 is 0. The standard InChI is InChI=1S/C11H14N2O3/c14-10(15)8-2-4-9(5-3-8)16-11-12-6-1-7-13-11/h1,6-9H,2-5H2,(H,14,15). The summed E-state index contributed by atoms with van der Waals surface area (Å²) in [7, 11) is 0. The first kappa shape index (κ1) is 10.9. The number of hydrogen-bond acceptors (Lipinski definition) is 4. The van der Waals surface area contributed by atoms with Crippen LogP contribution in [-0.2, 0) is 4.79 Å². The van der Waals surface area contributed by atoms with Crippen LogP contribution in [0.4, 0.5) is 0 Å². The normalized spacial score (nSPS) is 25.0. The summed E-state index contributed by atoms with van der Waals surface area (Å²) in [6.07, 6.45) is 6.18. The minimum atomic E-state index is -0.700. The minimum Gasteiger partial charge on any atom is -0.481 e. The second-order valence-electron chi connectivity index (χ2n) is 3.96. The monoisotopic (exact) mass is 222 g/mol. The minimum absolute atomic E-state index is 0.0537. The number of rotatable bonds is 3. The lowest BCUT2D eigenvalue weighted by Gasteiger charge is -2.25. The van der Waals surface area contributed by atoms with Crippen LogP contribution in [0.2, 0.25) is 0 Å². The molecule has 1 aromatic heterocycles. The molecule has 5 heteroatoms. The van der Waals surface area contributed by atoms with Crippen molar-refractivity contribution in [3.8, 4) is 6.01 Å². The fraction of sp³-hybridized carbons (Fsp3) is 0.545. The first-order valence-electron chi connectivity index (χ1n) is 5.42. The molecule has 1 aliphatic rings. The largest absolute Gasteiger partial charge is 0.481 e. The fourth-order valence-corrected chi connectivity index (χ4v) is 1.92. The van der Waals surface area contributed by atoms with Crippen LogP contribution >= 0.6 is 0 Å². The number of aliphatic carboxylic acids is 1. The number of aromatic nitrogens is 2. The molecule has 0 amide bonds. The van der Waals surface area contributed by atoms with Crippen molar-refractivity contribution >= 4 is 5.97 Å². The molecular weight excluding hydrogens is 208 g/mol. The third-order valence-corrected chi connectivity index (χ3v) is 2.84. The van der Waals surface area contributed by atoms with Crippen LogP contribution in [0.1, 0.15) is 25.7 Å². The lowest BCUT2D eigenvalue weighted by atomic mass is 9.87. The van der Waals surface area contributed by atoms with Crippen molar-refractivity contribution in [2.75, 3.05) is 0 Å². The van der Waals surface area contributed by atoms with E-state index >= 15 is 0 Å². The van der Waals surface area contributed by atoms with Gasteiger partial charge in [0.25, 0.3) is 0 Å². The Kier molecular flexibility index (Phi) is 3.34. The molecule has 0 bridgehead atoms. The Morgan fingerprint density at radius 3 is 2.44 bits per heavy atom. The van der Waals surface area contributed by atoms with Crippen molar-refractivity contribution in [2.45, 2.75) is 31.8 Å². The highest BCUT2D eigenvalue weighted by Crippen LogP contribution is 2.26. The predicted molar refractivity (Wildman–Crippen MR) is 56.0 cm³/mol. The molecule has 0 spiro atoms. The molecule has 0 aromatic carbocycles. The van der Waals surface area contributed by atoms with Gasteiger partial charge in [0.2, 0.25) is 0 Å². The Balaban J connectivity index is 1.84. The molecule has 1 aliphatic carbocycles. The molecule has 0 unspecified atom stereocenters. The van der Waals surface area contributed by atoms with Gasteiger partial charge in [0.1, 0.15) is 6.10 Å². The van der Waals surface area contributed by atoms with Gasteiger partial charge in [-0.2, -0.15) is 0 Å². The van der Waals surface area contributed by atoms with Gasteiger partial charge in [-0.3, -0.25) is 4.79 Å². The van der Waals surface area contributed by atoms with Crippen LogP contribution in [-0.4, -0.2) is 27.1 Å². The number of ether oxygens (including phenoxy) is 1. The van der Waals surface area contributed by atoms with E-state index < -0.39 is 5.97 Å². The van der Waals surface area contributed by atoms with E-state index in [-0.39, 0.29) is 12.0 Å². The SMILES string of the molecule is O=C(O)C1CCC(Oc2ncccn2)CC1. The molecule has 0 aliphatic heterocycles. The Bertz CT molecular complexity index is 348. The summed E-state index contributed by atoms with van der Waals surface area (Å²) in [5.41, 5.74) is 0. The van der Waals surface area contributed by atoms with Crippen LogP contribution in [0.3, 0.4) is 0 Å². The summed E-state index contributed by atoms with van der Waals surface area (Å²) < 4.78 is 5.57. The van der Waals surface area contributed by atoms with Gasteiger partial charge in [0.05, 0.1) is 5.92 Å². The lowest BCUT2D eigenvalue weighted by molar-refractivity contribution is -0.143. The van der Waals surface area contributed by atoms with Gasteiger partial charge in [-0.05, 0) is 31.7 Å². The first-order chi connectivity index (χ1) is 7.75. The molecule has 0 atom stereocenters. The summed E-state index contributed by atoms with van der Waals surface area (Å²) in [6.45, 7) is 0. The van der Waals surface area contributed by atoms with Crippen LogP contribution in [0, 0.1) is 5.92 Å². The van der Waals surface area contributed by atoms with Crippen molar-refractivity contribution in [3.63, 3.8) is 0 Å². The van der Waals surface area contributed by atoms with Gasteiger partial charge < -0.3 is 9.84 Å². The van der Waals surface area contributed by atoms with Crippen molar-refractivity contribution in [2.24, 2.45) is 5.92 Å². The van der Waals surface area contributed by atoms with Crippen LogP contribution < -0.4 is 4.74 Å².